The van der Waals surface area contributed by atoms with Crippen molar-refractivity contribution in [3.63, 3.8) is 0 Å². The second kappa shape index (κ2) is 4.21. The fraction of sp³-hybridized carbons (Fsp3) is 0.600. The van der Waals surface area contributed by atoms with Gasteiger partial charge >= 0.3 is 0 Å². The Labute approximate surface area is 78.6 Å². The summed E-state index contributed by atoms with van der Waals surface area (Å²) in [5.41, 5.74) is 0. The minimum absolute atomic E-state index is 0.887. The van der Waals surface area contributed by atoms with Crippen molar-refractivity contribution in [1.82, 2.24) is 10.2 Å². The van der Waals surface area contributed by atoms with Crippen LogP contribution in [-0.4, -0.2) is 16.7 Å². The maximum Gasteiger partial charge on any atom is 0.148 e. The molecule has 1 heterocycles. The van der Waals surface area contributed by atoms with Gasteiger partial charge in [-0.2, -0.15) is 5.10 Å². The van der Waals surface area contributed by atoms with Gasteiger partial charge in [0, 0.05) is 12.7 Å². The normalized spacial score (nSPS) is 15.7. The van der Waals surface area contributed by atoms with Gasteiger partial charge in [-0.3, -0.25) is 0 Å². The monoisotopic (exact) mass is 177 g/mol. The first-order valence-electron chi connectivity index (χ1n) is 4.97. The van der Waals surface area contributed by atoms with Gasteiger partial charge in [-0.05, 0) is 30.9 Å². The summed E-state index contributed by atoms with van der Waals surface area (Å²) in [6.45, 7) is 1.02. The highest BCUT2D eigenvalue weighted by atomic mass is 15.2. The third kappa shape index (κ3) is 3.01. The fourth-order valence-corrected chi connectivity index (χ4v) is 1.41. The molecule has 0 aromatic carbocycles. The van der Waals surface area contributed by atoms with Crippen molar-refractivity contribution in [2.75, 3.05) is 11.9 Å². The molecule has 3 heteroatoms. The molecule has 1 aliphatic rings. The van der Waals surface area contributed by atoms with E-state index in [1.807, 2.05) is 12.1 Å². The number of hydrogen-bond donors (Lipinski definition) is 1. The van der Waals surface area contributed by atoms with Crippen molar-refractivity contribution in [1.29, 1.82) is 0 Å². The zero-order chi connectivity index (χ0) is 8.93. The van der Waals surface area contributed by atoms with Gasteiger partial charge in [0.2, 0.25) is 0 Å². The summed E-state index contributed by atoms with van der Waals surface area (Å²) >= 11 is 0. The molecule has 0 spiro atoms. The molecular formula is C10H15N3. The predicted molar refractivity (Wildman–Crippen MR) is 52.5 cm³/mol. The molecule has 0 saturated heterocycles. The minimum atomic E-state index is 0.887. The van der Waals surface area contributed by atoms with E-state index in [-0.39, 0.29) is 0 Å². The summed E-state index contributed by atoms with van der Waals surface area (Å²) < 4.78 is 0. The highest BCUT2D eigenvalue weighted by molar-refractivity contribution is 5.30. The Morgan fingerprint density at radius 1 is 1.46 bits per heavy atom. The van der Waals surface area contributed by atoms with Crippen LogP contribution in [0, 0.1) is 5.92 Å². The molecule has 1 fully saturated rings. The maximum absolute atomic E-state index is 3.95. The van der Waals surface area contributed by atoms with Crippen LogP contribution >= 0.6 is 0 Å². The van der Waals surface area contributed by atoms with Gasteiger partial charge in [0.1, 0.15) is 5.82 Å². The quantitative estimate of drug-likeness (QED) is 0.700. The van der Waals surface area contributed by atoms with Crippen LogP contribution in [0.3, 0.4) is 0 Å². The Bertz CT molecular complexity index is 244. The van der Waals surface area contributed by atoms with Crippen molar-refractivity contribution in [2.24, 2.45) is 5.92 Å². The second-order valence-corrected chi connectivity index (χ2v) is 3.62. The van der Waals surface area contributed by atoms with Gasteiger partial charge in [-0.1, -0.05) is 12.8 Å². The summed E-state index contributed by atoms with van der Waals surface area (Å²) in [6.07, 6.45) is 7.21. The zero-order valence-corrected chi connectivity index (χ0v) is 7.74. The highest BCUT2D eigenvalue weighted by Gasteiger charge is 2.19. The van der Waals surface area contributed by atoms with E-state index in [1.54, 1.807) is 6.20 Å². The molecular weight excluding hydrogens is 162 g/mol. The van der Waals surface area contributed by atoms with E-state index >= 15 is 0 Å². The van der Waals surface area contributed by atoms with Gasteiger partial charge < -0.3 is 5.32 Å². The molecule has 3 nitrogen and oxygen atoms in total. The van der Waals surface area contributed by atoms with Gasteiger partial charge in [0.15, 0.2) is 0 Å². The average Bonchev–Trinajstić information content (AvgIpc) is 2.98. The summed E-state index contributed by atoms with van der Waals surface area (Å²) in [7, 11) is 0. The van der Waals surface area contributed by atoms with Gasteiger partial charge in [-0.25, -0.2) is 0 Å². The van der Waals surface area contributed by atoms with Crippen LogP contribution in [0.2, 0.25) is 0 Å². The molecule has 0 radical (unpaired) electrons. The summed E-state index contributed by atoms with van der Waals surface area (Å²) in [5, 5.41) is 11.0. The van der Waals surface area contributed by atoms with Crippen LogP contribution in [0.15, 0.2) is 18.3 Å². The molecule has 0 bridgehead atoms. The predicted octanol–water partition coefficient (Wildman–Crippen LogP) is 2.08. The summed E-state index contributed by atoms with van der Waals surface area (Å²) in [4.78, 5) is 0. The van der Waals surface area contributed by atoms with E-state index < -0.39 is 0 Å². The van der Waals surface area contributed by atoms with E-state index in [0.717, 1.165) is 18.3 Å². The zero-order valence-electron chi connectivity index (χ0n) is 7.74. The first-order chi connectivity index (χ1) is 6.45. The number of hydrogen-bond acceptors (Lipinski definition) is 3. The Hall–Kier alpha value is -1.12. The van der Waals surface area contributed by atoms with Gasteiger partial charge in [-0.15, -0.1) is 5.10 Å². The van der Waals surface area contributed by atoms with Gasteiger partial charge in [0.05, 0.1) is 0 Å². The molecule has 70 valence electrons. The molecule has 0 atom stereocenters. The molecule has 0 aliphatic heterocycles. The Morgan fingerprint density at radius 3 is 3.08 bits per heavy atom. The number of aromatic nitrogens is 2. The number of anilines is 1. The Balaban J connectivity index is 1.61. The van der Waals surface area contributed by atoms with Crippen molar-refractivity contribution >= 4 is 5.82 Å². The highest BCUT2D eigenvalue weighted by Crippen LogP contribution is 2.33. The molecule has 1 aromatic rings. The Kier molecular flexibility index (Phi) is 2.75. The van der Waals surface area contributed by atoms with Crippen LogP contribution in [-0.2, 0) is 0 Å². The molecule has 2 rings (SSSR count). The van der Waals surface area contributed by atoms with Crippen molar-refractivity contribution in [3.8, 4) is 0 Å². The van der Waals surface area contributed by atoms with E-state index in [9.17, 15) is 0 Å². The first kappa shape index (κ1) is 8.48. The molecule has 0 unspecified atom stereocenters. The number of nitrogens with zero attached hydrogens (tertiary/aromatic N) is 2. The fourth-order valence-electron chi connectivity index (χ4n) is 1.41. The molecule has 1 aromatic heterocycles. The lowest BCUT2D eigenvalue weighted by molar-refractivity contribution is 0.686. The van der Waals surface area contributed by atoms with Crippen molar-refractivity contribution < 1.29 is 0 Å². The largest absolute Gasteiger partial charge is 0.369 e. The van der Waals surface area contributed by atoms with Crippen LogP contribution in [0.25, 0.3) is 0 Å². The SMILES string of the molecule is c1cnnc(NCCCC2CC2)c1. The first-order valence-corrected chi connectivity index (χ1v) is 4.97. The van der Waals surface area contributed by atoms with E-state index in [2.05, 4.69) is 15.5 Å². The van der Waals surface area contributed by atoms with E-state index in [4.69, 9.17) is 0 Å². The van der Waals surface area contributed by atoms with Crippen LogP contribution in [0.1, 0.15) is 25.7 Å². The van der Waals surface area contributed by atoms with Crippen LogP contribution in [0.5, 0.6) is 0 Å². The standard InChI is InChI=1S/C10H15N3/c1(3-9-5-6-9)7-11-10-4-2-8-12-13-10/h2,4,8-9H,1,3,5-7H2,(H,11,13). The summed E-state index contributed by atoms with van der Waals surface area (Å²) in [6, 6.07) is 3.85. The average molecular weight is 177 g/mol. The molecule has 1 aliphatic carbocycles. The topological polar surface area (TPSA) is 37.8 Å². The molecule has 13 heavy (non-hydrogen) atoms. The summed E-state index contributed by atoms with van der Waals surface area (Å²) in [5.74, 6) is 1.92. The van der Waals surface area contributed by atoms with Crippen molar-refractivity contribution in [2.45, 2.75) is 25.7 Å². The lowest BCUT2D eigenvalue weighted by Gasteiger charge is -2.02. The van der Waals surface area contributed by atoms with Crippen LogP contribution in [0.4, 0.5) is 5.82 Å². The van der Waals surface area contributed by atoms with E-state index in [1.165, 1.54) is 25.7 Å². The molecule has 0 amide bonds. The molecule has 1 saturated carbocycles. The lowest BCUT2D eigenvalue weighted by Crippen LogP contribution is -2.03. The maximum atomic E-state index is 3.95. The smallest absolute Gasteiger partial charge is 0.148 e. The van der Waals surface area contributed by atoms with Crippen molar-refractivity contribution in [3.05, 3.63) is 18.3 Å². The van der Waals surface area contributed by atoms with Crippen LogP contribution < -0.4 is 5.32 Å². The Morgan fingerprint density at radius 2 is 2.38 bits per heavy atom. The molecule has 1 N–H and O–H groups in total. The van der Waals surface area contributed by atoms with E-state index in [0.29, 0.717) is 0 Å². The number of rotatable bonds is 5. The second-order valence-electron chi connectivity index (χ2n) is 3.62. The third-order valence-electron chi connectivity index (χ3n) is 2.36. The number of nitrogens with one attached hydrogen (secondary N) is 1. The third-order valence-corrected chi connectivity index (χ3v) is 2.36. The van der Waals surface area contributed by atoms with Gasteiger partial charge in [0.25, 0.3) is 0 Å². The minimum Gasteiger partial charge on any atom is -0.369 e. The lowest BCUT2D eigenvalue weighted by atomic mass is 10.2.